The van der Waals surface area contributed by atoms with Crippen LogP contribution in [-0.2, 0) is 4.79 Å². The van der Waals surface area contributed by atoms with Gasteiger partial charge in [0, 0.05) is 5.69 Å². The zero-order chi connectivity index (χ0) is 9.84. The molecule has 4 heteroatoms. The van der Waals surface area contributed by atoms with Gasteiger partial charge in [-0.3, -0.25) is 4.79 Å². The average Bonchev–Trinajstić information content (AvgIpc) is 2.08. The molecule has 0 unspecified atom stereocenters. The van der Waals surface area contributed by atoms with Crippen LogP contribution in [0.3, 0.4) is 0 Å². The Bertz CT molecular complexity index is 360. The van der Waals surface area contributed by atoms with Crippen molar-refractivity contribution in [1.29, 1.82) is 0 Å². The van der Waals surface area contributed by atoms with Gasteiger partial charge in [-0.1, -0.05) is 18.2 Å². The molecule has 0 heterocycles. The Balaban J connectivity index is 3.04. The van der Waals surface area contributed by atoms with Crippen LogP contribution in [0.2, 0.25) is 0 Å². The molecule has 68 valence electrons. The van der Waals surface area contributed by atoms with E-state index >= 15 is 0 Å². The lowest BCUT2D eigenvalue weighted by Crippen LogP contribution is -2.09. The van der Waals surface area contributed by atoms with Gasteiger partial charge in [0.05, 0.1) is 4.48 Å². The Kier molecular flexibility index (Phi) is 3.08. The molecule has 4 N–H and O–H groups in total. The van der Waals surface area contributed by atoms with Gasteiger partial charge in [0.25, 0.3) is 5.91 Å². The third-order valence-corrected chi connectivity index (χ3v) is 2.13. The topological polar surface area (TPSA) is 69.1 Å². The minimum Gasteiger partial charge on any atom is -0.398 e. The molecule has 0 aliphatic rings. The number of hydrogen-bond donors (Lipinski definition) is 2. The summed E-state index contributed by atoms with van der Waals surface area (Å²) in [6.45, 7) is 0. The van der Waals surface area contributed by atoms with Crippen LogP contribution in [0.4, 0.5) is 5.69 Å². The number of nitrogen functional groups attached to an aromatic ring is 1. The molecule has 1 aromatic carbocycles. The standard InChI is InChI=1S/C9H9BrN2O/c10-7(9(12)13)5-6-3-1-2-4-8(6)11/h1-5H,11H2,(H2,12,13)/b7-5-. The molecule has 0 atom stereocenters. The fourth-order valence-corrected chi connectivity index (χ4v) is 1.10. The first-order valence-corrected chi connectivity index (χ1v) is 4.42. The van der Waals surface area contributed by atoms with Crippen molar-refractivity contribution in [2.75, 3.05) is 5.73 Å². The van der Waals surface area contributed by atoms with Crippen molar-refractivity contribution in [3.8, 4) is 0 Å². The second-order valence-corrected chi connectivity index (χ2v) is 3.34. The molecule has 0 spiro atoms. The number of benzene rings is 1. The van der Waals surface area contributed by atoms with Gasteiger partial charge in [0.2, 0.25) is 0 Å². The fourth-order valence-electron chi connectivity index (χ4n) is 0.850. The number of nitrogens with two attached hydrogens (primary N) is 2. The molecule has 3 nitrogen and oxygen atoms in total. The van der Waals surface area contributed by atoms with Gasteiger partial charge in [-0.2, -0.15) is 0 Å². The summed E-state index contributed by atoms with van der Waals surface area (Å²) in [5.41, 5.74) is 12.1. The maximum absolute atomic E-state index is 10.7. The van der Waals surface area contributed by atoms with Crippen LogP contribution in [0.5, 0.6) is 0 Å². The first kappa shape index (κ1) is 9.80. The van der Waals surface area contributed by atoms with Crippen LogP contribution in [0.15, 0.2) is 28.7 Å². The molecule has 0 aliphatic carbocycles. The Morgan fingerprint density at radius 2 is 2.00 bits per heavy atom. The summed E-state index contributed by atoms with van der Waals surface area (Å²) in [7, 11) is 0. The predicted octanol–water partition coefficient (Wildman–Crippen LogP) is 1.49. The molecule has 0 fully saturated rings. The molecule has 0 bridgehead atoms. The number of rotatable bonds is 2. The molecule has 0 aromatic heterocycles. The Morgan fingerprint density at radius 3 is 2.54 bits per heavy atom. The number of anilines is 1. The number of primary amides is 1. The largest absolute Gasteiger partial charge is 0.398 e. The minimum absolute atomic E-state index is 0.311. The van der Waals surface area contributed by atoms with E-state index in [-0.39, 0.29) is 0 Å². The van der Waals surface area contributed by atoms with E-state index in [0.29, 0.717) is 10.2 Å². The van der Waals surface area contributed by atoms with Crippen LogP contribution >= 0.6 is 15.9 Å². The number of hydrogen-bond acceptors (Lipinski definition) is 2. The number of carbonyl (C=O) groups is 1. The zero-order valence-corrected chi connectivity index (χ0v) is 8.41. The molecular weight excluding hydrogens is 232 g/mol. The summed E-state index contributed by atoms with van der Waals surface area (Å²) in [6.07, 6.45) is 1.59. The van der Waals surface area contributed by atoms with Gasteiger partial charge in [-0.05, 0) is 33.6 Å². The van der Waals surface area contributed by atoms with Crippen molar-refractivity contribution in [1.82, 2.24) is 0 Å². The number of carbonyl (C=O) groups excluding carboxylic acids is 1. The molecule has 13 heavy (non-hydrogen) atoms. The molecular formula is C9H9BrN2O. The fraction of sp³-hybridized carbons (Fsp3) is 0. The van der Waals surface area contributed by atoms with Crippen molar-refractivity contribution in [3.05, 3.63) is 34.3 Å². The molecule has 0 saturated carbocycles. The van der Waals surface area contributed by atoms with Crippen molar-refractivity contribution < 1.29 is 4.79 Å². The van der Waals surface area contributed by atoms with Crippen molar-refractivity contribution in [3.63, 3.8) is 0 Å². The highest BCUT2D eigenvalue weighted by atomic mass is 79.9. The Labute approximate surface area is 84.5 Å². The van der Waals surface area contributed by atoms with Gasteiger partial charge in [-0.15, -0.1) is 0 Å². The SMILES string of the molecule is NC(=O)/C(Br)=C/c1ccccc1N. The third-order valence-electron chi connectivity index (χ3n) is 1.51. The van der Waals surface area contributed by atoms with E-state index in [4.69, 9.17) is 11.5 Å². The average molecular weight is 241 g/mol. The van der Waals surface area contributed by atoms with Gasteiger partial charge in [0.1, 0.15) is 0 Å². The van der Waals surface area contributed by atoms with Gasteiger partial charge < -0.3 is 11.5 Å². The molecule has 0 saturated heterocycles. The van der Waals surface area contributed by atoms with Gasteiger partial charge in [-0.25, -0.2) is 0 Å². The number of halogens is 1. The van der Waals surface area contributed by atoms with E-state index in [0.717, 1.165) is 5.56 Å². The quantitative estimate of drug-likeness (QED) is 0.608. The Hall–Kier alpha value is -1.29. The summed E-state index contributed by atoms with van der Waals surface area (Å²) >= 11 is 3.04. The first-order chi connectivity index (χ1) is 6.11. The van der Waals surface area contributed by atoms with E-state index in [1.807, 2.05) is 12.1 Å². The molecule has 1 amide bonds. The Morgan fingerprint density at radius 1 is 1.38 bits per heavy atom. The normalized spacial score (nSPS) is 11.3. The van der Waals surface area contributed by atoms with E-state index in [1.165, 1.54) is 0 Å². The van der Waals surface area contributed by atoms with Crippen molar-refractivity contribution in [2.45, 2.75) is 0 Å². The summed E-state index contributed by atoms with van der Waals surface area (Å²) in [5.74, 6) is -0.511. The summed E-state index contributed by atoms with van der Waals surface area (Å²) in [6, 6.07) is 7.22. The smallest absolute Gasteiger partial charge is 0.255 e. The highest BCUT2D eigenvalue weighted by molar-refractivity contribution is 9.12. The lowest BCUT2D eigenvalue weighted by atomic mass is 10.1. The molecule has 0 aliphatic heterocycles. The maximum Gasteiger partial charge on any atom is 0.255 e. The van der Waals surface area contributed by atoms with Crippen LogP contribution in [0, 0.1) is 0 Å². The molecule has 1 aromatic rings. The van der Waals surface area contributed by atoms with E-state index in [9.17, 15) is 4.79 Å². The summed E-state index contributed by atoms with van der Waals surface area (Å²) in [4.78, 5) is 10.7. The second-order valence-electron chi connectivity index (χ2n) is 2.49. The van der Waals surface area contributed by atoms with Crippen LogP contribution in [0.1, 0.15) is 5.56 Å². The predicted molar refractivity (Wildman–Crippen MR) is 57.0 cm³/mol. The van der Waals surface area contributed by atoms with E-state index < -0.39 is 5.91 Å². The summed E-state index contributed by atoms with van der Waals surface area (Å²) < 4.78 is 0.311. The van der Waals surface area contributed by atoms with Gasteiger partial charge in [0.15, 0.2) is 0 Å². The number of para-hydroxylation sites is 1. The highest BCUT2D eigenvalue weighted by Crippen LogP contribution is 2.17. The van der Waals surface area contributed by atoms with E-state index in [1.54, 1.807) is 18.2 Å². The molecule has 0 radical (unpaired) electrons. The van der Waals surface area contributed by atoms with E-state index in [2.05, 4.69) is 15.9 Å². The van der Waals surface area contributed by atoms with Gasteiger partial charge >= 0.3 is 0 Å². The monoisotopic (exact) mass is 240 g/mol. The molecule has 1 rings (SSSR count). The highest BCUT2D eigenvalue weighted by Gasteiger charge is 2.00. The third kappa shape index (κ3) is 2.59. The lowest BCUT2D eigenvalue weighted by molar-refractivity contribution is -0.113. The zero-order valence-electron chi connectivity index (χ0n) is 6.83. The minimum atomic E-state index is -0.511. The van der Waals surface area contributed by atoms with Crippen LogP contribution in [0.25, 0.3) is 6.08 Å². The summed E-state index contributed by atoms with van der Waals surface area (Å²) in [5, 5.41) is 0. The lowest BCUT2D eigenvalue weighted by Gasteiger charge is -1.99. The second kappa shape index (κ2) is 4.09. The van der Waals surface area contributed by atoms with Crippen molar-refractivity contribution >= 4 is 33.6 Å². The maximum atomic E-state index is 10.7. The van der Waals surface area contributed by atoms with Crippen LogP contribution < -0.4 is 11.5 Å². The van der Waals surface area contributed by atoms with Crippen molar-refractivity contribution in [2.24, 2.45) is 5.73 Å². The van der Waals surface area contributed by atoms with Crippen LogP contribution in [-0.4, -0.2) is 5.91 Å². The first-order valence-electron chi connectivity index (χ1n) is 3.63. The number of amides is 1.